The Bertz CT molecular complexity index is 648. The molecule has 0 aromatic heterocycles. The van der Waals surface area contributed by atoms with Gasteiger partial charge in [0.25, 0.3) is 0 Å². The molecule has 1 fully saturated rings. The van der Waals surface area contributed by atoms with Crippen molar-refractivity contribution in [2.24, 2.45) is 5.92 Å². The van der Waals surface area contributed by atoms with Gasteiger partial charge in [-0.1, -0.05) is 53.7 Å². The monoisotopic (exact) mass is 337 g/mol. The van der Waals surface area contributed by atoms with Gasteiger partial charge in [-0.2, -0.15) is 4.31 Å². The highest BCUT2D eigenvalue weighted by Crippen LogP contribution is 2.34. The van der Waals surface area contributed by atoms with Gasteiger partial charge in [-0.15, -0.1) is 0 Å². The smallest absolute Gasteiger partial charge is 0.207 e. The normalized spacial score (nSPS) is 18.6. The first-order chi connectivity index (χ1) is 10.5. The quantitative estimate of drug-likeness (QED) is 0.813. The van der Waals surface area contributed by atoms with Crippen LogP contribution in [0.4, 0.5) is 0 Å². The van der Waals surface area contributed by atoms with Crippen molar-refractivity contribution >= 4 is 10.0 Å². The summed E-state index contributed by atoms with van der Waals surface area (Å²) in [6, 6.07) is 5.88. The van der Waals surface area contributed by atoms with Crippen molar-refractivity contribution in [2.75, 3.05) is 13.1 Å². The summed E-state index contributed by atoms with van der Waals surface area (Å²) in [5.41, 5.74) is 1.93. The average Bonchev–Trinajstić information content (AvgIpc) is 2.46. The first kappa shape index (κ1) is 18.5. The maximum Gasteiger partial charge on any atom is 0.243 e. The lowest BCUT2D eigenvalue weighted by atomic mass is 9.85. The van der Waals surface area contributed by atoms with E-state index in [-0.39, 0.29) is 5.41 Å². The lowest BCUT2D eigenvalue weighted by Gasteiger charge is -2.32. The maximum absolute atomic E-state index is 13.2. The molecule has 0 N–H and O–H groups in total. The van der Waals surface area contributed by atoms with Crippen molar-refractivity contribution in [1.29, 1.82) is 0 Å². The third-order valence-electron chi connectivity index (χ3n) is 4.84. The minimum absolute atomic E-state index is 0.198. The van der Waals surface area contributed by atoms with Crippen molar-refractivity contribution in [3.63, 3.8) is 0 Å². The molecule has 0 radical (unpaired) electrons. The van der Waals surface area contributed by atoms with E-state index >= 15 is 0 Å². The van der Waals surface area contributed by atoms with E-state index in [2.05, 4.69) is 47.6 Å². The third kappa shape index (κ3) is 3.97. The van der Waals surface area contributed by atoms with Crippen LogP contribution in [0.2, 0.25) is 0 Å². The second-order valence-electron chi connectivity index (χ2n) is 8.25. The van der Waals surface area contributed by atoms with Crippen LogP contribution in [0.15, 0.2) is 23.1 Å². The molecule has 4 heteroatoms. The largest absolute Gasteiger partial charge is 0.243 e. The Kier molecular flexibility index (Phi) is 5.27. The molecular weight excluding hydrogens is 306 g/mol. The molecule has 1 heterocycles. The topological polar surface area (TPSA) is 37.4 Å². The molecule has 1 aliphatic heterocycles. The van der Waals surface area contributed by atoms with Crippen molar-refractivity contribution in [2.45, 2.75) is 70.6 Å². The molecule has 1 saturated heterocycles. The third-order valence-corrected chi connectivity index (χ3v) is 6.80. The summed E-state index contributed by atoms with van der Waals surface area (Å²) in [7, 11) is -3.41. The Morgan fingerprint density at radius 3 is 2.17 bits per heavy atom. The predicted octanol–water partition coefficient (Wildman–Crippen LogP) is 4.53. The molecule has 3 nitrogen and oxygen atoms in total. The molecule has 1 aromatic rings. The van der Waals surface area contributed by atoms with Crippen molar-refractivity contribution < 1.29 is 8.42 Å². The molecule has 0 saturated carbocycles. The fraction of sp³-hybridized carbons (Fsp3) is 0.684. The molecule has 0 aliphatic carbocycles. The summed E-state index contributed by atoms with van der Waals surface area (Å²) in [5.74, 6) is 1.01. The zero-order chi connectivity index (χ0) is 17.4. The maximum atomic E-state index is 13.2. The minimum atomic E-state index is -3.41. The van der Waals surface area contributed by atoms with Gasteiger partial charge in [-0.25, -0.2) is 8.42 Å². The molecule has 0 amide bonds. The van der Waals surface area contributed by atoms with E-state index in [0.29, 0.717) is 29.8 Å². The van der Waals surface area contributed by atoms with Gasteiger partial charge in [0.1, 0.15) is 0 Å². The van der Waals surface area contributed by atoms with E-state index in [0.717, 1.165) is 18.4 Å². The van der Waals surface area contributed by atoms with Crippen molar-refractivity contribution in [1.82, 2.24) is 4.31 Å². The highest BCUT2D eigenvalue weighted by Gasteiger charge is 2.32. The second kappa shape index (κ2) is 6.56. The summed E-state index contributed by atoms with van der Waals surface area (Å²) in [6.07, 6.45) is 1.91. The van der Waals surface area contributed by atoms with Crippen LogP contribution in [0.3, 0.4) is 0 Å². The second-order valence-corrected chi connectivity index (χ2v) is 10.2. The van der Waals surface area contributed by atoms with Crippen LogP contribution >= 0.6 is 0 Å². The summed E-state index contributed by atoms with van der Waals surface area (Å²) in [5, 5.41) is 0. The highest BCUT2D eigenvalue weighted by atomic mass is 32.2. The molecule has 1 aliphatic rings. The molecule has 0 spiro atoms. The molecule has 0 bridgehead atoms. The summed E-state index contributed by atoms with van der Waals surface area (Å²) in [4.78, 5) is 0.490. The fourth-order valence-electron chi connectivity index (χ4n) is 3.08. The zero-order valence-electron chi connectivity index (χ0n) is 15.4. The number of hydrogen-bond acceptors (Lipinski definition) is 2. The number of rotatable bonds is 3. The van der Waals surface area contributed by atoms with E-state index in [1.54, 1.807) is 4.31 Å². The van der Waals surface area contributed by atoms with Crippen LogP contribution in [0.1, 0.15) is 71.4 Å². The molecule has 2 rings (SSSR count). The van der Waals surface area contributed by atoms with E-state index in [4.69, 9.17) is 0 Å². The van der Waals surface area contributed by atoms with Crippen LogP contribution in [-0.2, 0) is 15.4 Å². The molecule has 0 unspecified atom stereocenters. The fourth-order valence-corrected chi connectivity index (χ4v) is 4.93. The van der Waals surface area contributed by atoms with Crippen LogP contribution < -0.4 is 0 Å². The average molecular weight is 338 g/mol. The molecule has 0 atom stereocenters. The van der Waals surface area contributed by atoms with E-state index in [1.807, 2.05) is 12.1 Å². The van der Waals surface area contributed by atoms with Crippen LogP contribution in [0.25, 0.3) is 0 Å². The van der Waals surface area contributed by atoms with Crippen molar-refractivity contribution in [3.05, 3.63) is 29.3 Å². The summed E-state index contributed by atoms with van der Waals surface area (Å²) < 4.78 is 28.0. The standard InChI is InChI=1S/C19H31NO2S/c1-14(2)16-7-8-18(17(13-16)19(4,5)6)23(21,22)20-11-9-15(3)10-12-20/h7-8,13-15H,9-12H2,1-6H3. The van der Waals surface area contributed by atoms with E-state index in [9.17, 15) is 8.42 Å². The van der Waals surface area contributed by atoms with Gasteiger partial charge in [-0.3, -0.25) is 0 Å². The predicted molar refractivity (Wildman–Crippen MR) is 96.4 cm³/mol. The molecule has 23 heavy (non-hydrogen) atoms. The van der Waals surface area contributed by atoms with E-state index < -0.39 is 10.0 Å². The van der Waals surface area contributed by atoms with Crippen LogP contribution in [0, 0.1) is 5.92 Å². The number of benzene rings is 1. The lowest BCUT2D eigenvalue weighted by Crippen LogP contribution is -2.38. The van der Waals surface area contributed by atoms with Gasteiger partial charge in [0.15, 0.2) is 0 Å². The number of piperidine rings is 1. The van der Waals surface area contributed by atoms with Gasteiger partial charge in [0.05, 0.1) is 4.90 Å². The van der Waals surface area contributed by atoms with Crippen LogP contribution in [-0.4, -0.2) is 25.8 Å². The zero-order valence-corrected chi connectivity index (χ0v) is 16.2. The van der Waals surface area contributed by atoms with Gasteiger partial charge >= 0.3 is 0 Å². The van der Waals surface area contributed by atoms with Gasteiger partial charge in [-0.05, 0) is 47.3 Å². The number of sulfonamides is 1. The molecular formula is C19H31NO2S. The van der Waals surface area contributed by atoms with Crippen molar-refractivity contribution in [3.8, 4) is 0 Å². The number of hydrogen-bond donors (Lipinski definition) is 0. The van der Waals surface area contributed by atoms with Gasteiger partial charge in [0, 0.05) is 13.1 Å². The summed E-state index contributed by atoms with van der Waals surface area (Å²) in [6.45, 7) is 14.0. The Hall–Kier alpha value is -0.870. The Labute approximate surface area is 142 Å². The van der Waals surface area contributed by atoms with Crippen LogP contribution in [0.5, 0.6) is 0 Å². The number of nitrogens with zero attached hydrogens (tertiary/aromatic N) is 1. The minimum Gasteiger partial charge on any atom is -0.207 e. The van der Waals surface area contributed by atoms with Gasteiger partial charge < -0.3 is 0 Å². The lowest BCUT2D eigenvalue weighted by molar-refractivity contribution is 0.287. The Balaban J connectivity index is 2.49. The SMILES string of the molecule is CC1CCN(S(=O)(=O)c2ccc(C(C)C)cc2C(C)(C)C)CC1. The summed E-state index contributed by atoms with van der Waals surface area (Å²) >= 11 is 0. The Morgan fingerprint density at radius 1 is 1.13 bits per heavy atom. The highest BCUT2D eigenvalue weighted by molar-refractivity contribution is 7.89. The molecule has 130 valence electrons. The first-order valence-electron chi connectivity index (χ1n) is 8.68. The van der Waals surface area contributed by atoms with E-state index in [1.165, 1.54) is 5.56 Å². The molecule has 1 aromatic carbocycles. The Morgan fingerprint density at radius 2 is 1.70 bits per heavy atom. The first-order valence-corrected chi connectivity index (χ1v) is 10.1. The van der Waals surface area contributed by atoms with Gasteiger partial charge in [0.2, 0.25) is 10.0 Å².